The molecule has 0 saturated heterocycles. The molecule has 4 rings (SSSR count). The minimum atomic E-state index is 0. The molecule has 1 aliphatic heterocycles. The van der Waals surface area contributed by atoms with Crippen LogP contribution >= 0.6 is 11.3 Å². The summed E-state index contributed by atoms with van der Waals surface area (Å²) in [7, 11) is 0. The SMILES string of the molecule is CCNc1cc2sc3cc(=[N+](CC)CC)ccc-3nc2c2ccccc12.[Cl-]. The van der Waals surface area contributed by atoms with Crippen molar-refractivity contribution in [3.05, 3.63) is 53.9 Å². The summed E-state index contributed by atoms with van der Waals surface area (Å²) in [6.07, 6.45) is 0. The van der Waals surface area contributed by atoms with E-state index in [1.807, 2.05) is 11.3 Å². The summed E-state index contributed by atoms with van der Waals surface area (Å²) >= 11 is 1.83. The van der Waals surface area contributed by atoms with Crippen LogP contribution in [-0.2, 0) is 0 Å². The predicted molar refractivity (Wildman–Crippen MR) is 114 cm³/mol. The third-order valence-electron chi connectivity index (χ3n) is 4.87. The first-order valence-electron chi connectivity index (χ1n) is 9.33. The van der Waals surface area contributed by atoms with E-state index in [9.17, 15) is 0 Å². The van der Waals surface area contributed by atoms with Crippen molar-refractivity contribution in [1.29, 1.82) is 0 Å². The van der Waals surface area contributed by atoms with Gasteiger partial charge in [-0.2, -0.15) is 0 Å². The summed E-state index contributed by atoms with van der Waals surface area (Å²) in [5.74, 6) is 0. The molecule has 5 heteroatoms. The van der Waals surface area contributed by atoms with Crippen LogP contribution in [-0.4, -0.2) is 24.6 Å². The Morgan fingerprint density at radius 1 is 0.963 bits per heavy atom. The number of hydrogen-bond acceptors (Lipinski definition) is 3. The van der Waals surface area contributed by atoms with Crippen molar-refractivity contribution in [2.75, 3.05) is 25.0 Å². The first kappa shape index (κ1) is 19.6. The Morgan fingerprint density at radius 2 is 1.70 bits per heavy atom. The zero-order chi connectivity index (χ0) is 18.1. The lowest BCUT2D eigenvalue weighted by Crippen LogP contribution is -3.00. The first-order chi connectivity index (χ1) is 12.7. The second-order valence-electron chi connectivity index (χ2n) is 6.38. The molecule has 2 aromatic rings. The molecular weight excluding hydrogens is 374 g/mol. The van der Waals surface area contributed by atoms with Crippen LogP contribution < -0.4 is 27.7 Å². The van der Waals surface area contributed by atoms with Gasteiger partial charge in [0.2, 0.25) is 5.36 Å². The maximum absolute atomic E-state index is 5.02. The van der Waals surface area contributed by atoms with E-state index < -0.39 is 0 Å². The molecule has 0 saturated carbocycles. The largest absolute Gasteiger partial charge is 1.00 e. The van der Waals surface area contributed by atoms with Crippen LogP contribution in [0.4, 0.5) is 5.69 Å². The van der Waals surface area contributed by atoms with E-state index in [4.69, 9.17) is 4.98 Å². The van der Waals surface area contributed by atoms with Crippen LogP contribution in [0.5, 0.6) is 0 Å². The number of nitrogens with zero attached hydrogens (tertiary/aromatic N) is 2. The second-order valence-corrected chi connectivity index (χ2v) is 7.47. The smallest absolute Gasteiger partial charge is 0.201 e. The summed E-state index contributed by atoms with van der Waals surface area (Å²) in [5.41, 5.74) is 3.35. The van der Waals surface area contributed by atoms with Gasteiger partial charge in [-0.05, 0) is 32.9 Å². The molecule has 27 heavy (non-hydrogen) atoms. The van der Waals surface area contributed by atoms with E-state index in [2.05, 4.69) is 79.2 Å². The fourth-order valence-electron chi connectivity index (χ4n) is 3.57. The van der Waals surface area contributed by atoms with E-state index >= 15 is 0 Å². The fourth-order valence-corrected chi connectivity index (χ4v) is 4.63. The summed E-state index contributed by atoms with van der Waals surface area (Å²) in [6, 6.07) is 17.4. The van der Waals surface area contributed by atoms with Crippen molar-refractivity contribution in [1.82, 2.24) is 9.56 Å². The Hall–Kier alpha value is -2.17. The van der Waals surface area contributed by atoms with Gasteiger partial charge < -0.3 is 17.7 Å². The van der Waals surface area contributed by atoms with Crippen LogP contribution in [0.3, 0.4) is 0 Å². The van der Waals surface area contributed by atoms with Gasteiger partial charge in [0, 0.05) is 35.1 Å². The highest BCUT2D eigenvalue weighted by atomic mass is 35.5. The van der Waals surface area contributed by atoms with Gasteiger partial charge in [0.25, 0.3) is 0 Å². The average molecular weight is 398 g/mol. The number of halogens is 1. The molecule has 1 heterocycles. The van der Waals surface area contributed by atoms with E-state index in [0.29, 0.717) is 0 Å². The van der Waals surface area contributed by atoms with E-state index in [1.165, 1.54) is 31.4 Å². The van der Waals surface area contributed by atoms with Crippen molar-refractivity contribution >= 4 is 38.0 Å². The highest BCUT2D eigenvalue weighted by molar-refractivity contribution is 7.21. The second kappa shape index (κ2) is 8.24. The number of nitrogens with one attached hydrogen (secondary N) is 1. The number of benzene rings is 3. The van der Waals surface area contributed by atoms with Crippen molar-refractivity contribution in [2.45, 2.75) is 20.8 Å². The molecule has 140 valence electrons. The Labute approximate surface area is 170 Å². The molecule has 0 radical (unpaired) electrons. The first-order valence-corrected chi connectivity index (χ1v) is 10.1. The highest BCUT2D eigenvalue weighted by Crippen LogP contribution is 2.37. The van der Waals surface area contributed by atoms with Gasteiger partial charge in [-0.25, -0.2) is 9.56 Å². The third-order valence-corrected chi connectivity index (χ3v) is 5.95. The maximum Gasteiger partial charge on any atom is 0.201 e. The average Bonchev–Trinajstić information content (AvgIpc) is 2.68. The standard InChI is InChI=1S/C22H23N3S.ClH/c1-4-23-19-14-21-22(17-10-8-7-9-16(17)19)24-18-12-11-15(13-20(18)26-21)25(5-2)6-3;/h7-14H,4-6H2,1-3H3;1H. The lowest BCUT2D eigenvalue weighted by atomic mass is 10.1. The number of fused-ring (bicyclic) bond motifs is 4. The van der Waals surface area contributed by atoms with Gasteiger partial charge in [0.1, 0.15) is 13.1 Å². The van der Waals surface area contributed by atoms with Crippen LogP contribution in [0.1, 0.15) is 20.8 Å². The molecule has 0 fully saturated rings. The molecule has 0 unspecified atom stereocenters. The maximum atomic E-state index is 5.02. The van der Waals surface area contributed by atoms with Gasteiger partial charge in [-0.1, -0.05) is 24.3 Å². The number of aromatic nitrogens is 1. The topological polar surface area (TPSA) is 27.9 Å². The van der Waals surface area contributed by atoms with E-state index in [-0.39, 0.29) is 12.4 Å². The van der Waals surface area contributed by atoms with Gasteiger partial charge in [0.15, 0.2) is 0 Å². The van der Waals surface area contributed by atoms with Crippen LogP contribution in [0.25, 0.3) is 31.6 Å². The van der Waals surface area contributed by atoms with Gasteiger partial charge in [-0.3, -0.25) is 0 Å². The van der Waals surface area contributed by atoms with E-state index in [1.54, 1.807) is 0 Å². The molecular formula is C22H24ClN3S. The molecule has 1 N–H and O–H groups in total. The number of hydrogen-bond donors (Lipinski definition) is 1. The summed E-state index contributed by atoms with van der Waals surface area (Å²) in [5, 5.41) is 7.23. The molecule has 0 atom stereocenters. The monoisotopic (exact) mass is 397 g/mol. The molecule has 0 bridgehead atoms. The van der Waals surface area contributed by atoms with Crippen LogP contribution in [0, 0.1) is 0 Å². The minimum Gasteiger partial charge on any atom is -1.00 e. The zero-order valence-electron chi connectivity index (χ0n) is 15.9. The summed E-state index contributed by atoms with van der Waals surface area (Å²) in [6.45, 7) is 9.48. The van der Waals surface area contributed by atoms with Crippen molar-refractivity contribution in [3.63, 3.8) is 0 Å². The normalized spacial score (nSPS) is 10.9. The van der Waals surface area contributed by atoms with Gasteiger partial charge in [0.05, 0.1) is 20.8 Å². The molecule has 0 aromatic heterocycles. The number of rotatable bonds is 4. The molecule has 0 amide bonds. The Bertz CT molecular complexity index is 1130. The summed E-state index contributed by atoms with van der Waals surface area (Å²) < 4.78 is 3.60. The van der Waals surface area contributed by atoms with Crippen molar-refractivity contribution < 1.29 is 12.4 Å². The fraction of sp³-hybridized carbons (Fsp3) is 0.273. The van der Waals surface area contributed by atoms with Gasteiger partial charge in [-0.15, -0.1) is 11.3 Å². The lowest BCUT2D eigenvalue weighted by Gasteiger charge is -2.13. The highest BCUT2D eigenvalue weighted by Gasteiger charge is 2.13. The van der Waals surface area contributed by atoms with Crippen LogP contribution in [0.2, 0.25) is 0 Å². The molecule has 1 aliphatic carbocycles. The molecule has 0 spiro atoms. The minimum absolute atomic E-state index is 0. The molecule has 2 aromatic carbocycles. The molecule has 2 aliphatic rings. The third kappa shape index (κ3) is 3.52. The lowest BCUT2D eigenvalue weighted by molar-refractivity contribution is -0.00000522. The van der Waals surface area contributed by atoms with Gasteiger partial charge >= 0.3 is 0 Å². The van der Waals surface area contributed by atoms with Crippen molar-refractivity contribution in [2.24, 2.45) is 0 Å². The molecule has 3 nitrogen and oxygen atoms in total. The Morgan fingerprint density at radius 3 is 2.41 bits per heavy atom. The van der Waals surface area contributed by atoms with Crippen molar-refractivity contribution in [3.8, 4) is 10.6 Å². The quantitative estimate of drug-likeness (QED) is 0.323. The number of anilines is 1. The predicted octanol–water partition coefficient (Wildman–Crippen LogP) is 1.80. The van der Waals surface area contributed by atoms with Crippen LogP contribution in [0.15, 0.2) is 48.5 Å². The Kier molecular flexibility index (Phi) is 5.98. The summed E-state index contributed by atoms with van der Waals surface area (Å²) in [4.78, 5) is 6.26. The zero-order valence-corrected chi connectivity index (χ0v) is 17.5. The Balaban J connectivity index is 0.00000210. The van der Waals surface area contributed by atoms with E-state index in [0.717, 1.165) is 30.8 Å².